The summed E-state index contributed by atoms with van der Waals surface area (Å²) in [5.41, 5.74) is 2.47. The number of hydrogen-bond donors (Lipinski definition) is 1. The molecule has 3 aromatic carbocycles. The fourth-order valence-corrected chi connectivity index (χ4v) is 3.49. The highest BCUT2D eigenvalue weighted by Crippen LogP contribution is 2.30. The van der Waals surface area contributed by atoms with Crippen molar-refractivity contribution in [3.8, 4) is 0 Å². The van der Waals surface area contributed by atoms with Crippen LogP contribution in [0.2, 0.25) is 0 Å². The number of anilines is 1. The highest BCUT2D eigenvalue weighted by Gasteiger charge is 2.12. The first-order chi connectivity index (χ1) is 12.4. The number of amides is 1. The van der Waals surface area contributed by atoms with E-state index in [1.54, 1.807) is 6.07 Å². The molecule has 5 nitrogen and oxygen atoms in total. The zero-order chi connectivity index (χ0) is 18.3. The number of hydrogen-bond acceptors (Lipinski definition) is 4. The van der Waals surface area contributed by atoms with E-state index in [2.05, 4.69) is 5.32 Å². The summed E-state index contributed by atoms with van der Waals surface area (Å²) in [6.07, 6.45) is 1.13. The molecule has 0 fully saturated rings. The molecular formula is C20H15NO4S. The summed E-state index contributed by atoms with van der Waals surface area (Å²) in [5.74, 6) is -0.319. The quantitative estimate of drug-likeness (QED) is 0.589. The molecule has 6 heteroatoms. The molecule has 1 N–H and O–H groups in total. The second-order valence-electron chi connectivity index (χ2n) is 6.06. The summed E-state index contributed by atoms with van der Waals surface area (Å²) in [6, 6.07) is 19.1. The topological polar surface area (TPSA) is 76.4 Å². The van der Waals surface area contributed by atoms with Gasteiger partial charge in [-0.3, -0.25) is 4.79 Å². The minimum Gasteiger partial charge on any atom is -0.456 e. The van der Waals surface area contributed by atoms with Gasteiger partial charge in [-0.05, 0) is 42.5 Å². The van der Waals surface area contributed by atoms with Crippen molar-refractivity contribution in [3.63, 3.8) is 0 Å². The van der Waals surface area contributed by atoms with Gasteiger partial charge in [-0.15, -0.1) is 0 Å². The highest BCUT2D eigenvalue weighted by molar-refractivity contribution is 7.90. The van der Waals surface area contributed by atoms with Gasteiger partial charge < -0.3 is 9.73 Å². The van der Waals surface area contributed by atoms with E-state index >= 15 is 0 Å². The van der Waals surface area contributed by atoms with Crippen LogP contribution < -0.4 is 5.32 Å². The SMILES string of the molecule is CS(=O)(=O)c1ccc(C(=O)Nc2ccc3c(c2)oc2ccccc23)cc1. The highest BCUT2D eigenvalue weighted by atomic mass is 32.2. The predicted molar refractivity (Wildman–Crippen MR) is 101 cm³/mol. The fourth-order valence-electron chi connectivity index (χ4n) is 2.86. The summed E-state index contributed by atoms with van der Waals surface area (Å²) in [4.78, 5) is 12.6. The average molecular weight is 365 g/mol. The summed E-state index contributed by atoms with van der Waals surface area (Å²) >= 11 is 0. The molecule has 0 atom stereocenters. The first kappa shape index (κ1) is 16.4. The van der Waals surface area contributed by atoms with Gasteiger partial charge >= 0.3 is 0 Å². The summed E-state index contributed by atoms with van der Waals surface area (Å²) in [7, 11) is -3.29. The molecule has 0 unspecified atom stereocenters. The molecular weight excluding hydrogens is 350 g/mol. The maximum absolute atomic E-state index is 12.4. The van der Waals surface area contributed by atoms with Crippen LogP contribution in [0.3, 0.4) is 0 Å². The van der Waals surface area contributed by atoms with E-state index in [1.165, 1.54) is 24.3 Å². The molecule has 0 saturated heterocycles. The van der Waals surface area contributed by atoms with Gasteiger partial charge in [0.05, 0.1) is 4.90 Å². The molecule has 0 aliphatic carbocycles. The van der Waals surface area contributed by atoms with Crippen molar-refractivity contribution in [2.45, 2.75) is 4.90 Å². The third-order valence-electron chi connectivity index (χ3n) is 4.18. The van der Waals surface area contributed by atoms with Crippen LogP contribution >= 0.6 is 0 Å². The second-order valence-corrected chi connectivity index (χ2v) is 8.08. The lowest BCUT2D eigenvalue weighted by atomic mass is 10.1. The standard InChI is InChI=1S/C20H15NO4S/c1-26(23,24)15-9-6-13(7-10-15)20(22)21-14-8-11-17-16-4-2-3-5-18(16)25-19(17)12-14/h2-12H,1H3,(H,21,22). The molecule has 0 radical (unpaired) electrons. The van der Waals surface area contributed by atoms with Gasteiger partial charge in [-0.2, -0.15) is 0 Å². The molecule has 1 heterocycles. The van der Waals surface area contributed by atoms with E-state index in [4.69, 9.17) is 4.42 Å². The Labute approximate surface area is 150 Å². The van der Waals surface area contributed by atoms with Crippen LogP contribution in [0.5, 0.6) is 0 Å². The summed E-state index contributed by atoms with van der Waals surface area (Å²) in [5, 5.41) is 4.81. The Morgan fingerprint density at radius 1 is 0.885 bits per heavy atom. The number of carbonyl (C=O) groups is 1. The molecule has 4 rings (SSSR count). The third kappa shape index (κ3) is 2.95. The summed E-state index contributed by atoms with van der Waals surface area (Å²) in [6.45, 7) is 0. The lowest BCUT2D eigenvalue weighted by Gasteiger charge is -2.06. The van der Waals surface area contributed by atoms with Crippen LogP contribution in [-0.4, -0.2) is 20.6 Å². The van der Waals surface area contributed by atoms with E-state index in [0.717, 1.165) is 22.6 Å². The predicted octanol–water partition coefficient (Wildman–Crippen LogP) is 4.24. The zero-order valence-corrected chi connectivity index (χ0v) is 14.7. The Kier molecular flexibility index (Phi) is 3.77. The Morgan fingerprint density at radius 2 is 1.58 bits per heavy atom. The van der Waals surface area contributed by atoms with Crippen LogP contribution in [0, 0.1) is 0 Å². The smallest absolute Gasteiger partial charge is 0.255 e. The normalized spacial score (nSPS) is 11.7. The van der Waals surface area contributed by atoms with E-state index in [-0.39, 0.29) is 10.8 Å². The largest absolute Gasteiger partial charge is 0.456 e. The van der Waals surface area contributed by atoms with Gasteiger partial charge in [0, 0.05) is 34.3 Å². The molecule has 0 bridgehead atoms. The van der Waals surface area contributed by atoms with Crippen molar-refractivity contribution in [2.24, 2.45) is 0 Å². The monoisotopic (exact) mass is 365 g/mol. The number of furan rings is 1. The number of nitrogens with one attached hydrogen (secondary N) is 1. The van der Waals surface area contributed by atoms with Crippen LogP contribution in [0.4, 0.5) is 5.69 Å². The number of para-hydroxylation sites is 1. The van der Waals surface area contributed by atoms with Crippen molar-refractivity contribution in [1.29, 1.82) is 0 Å². The molecule has 130 valence electrons. The molecule has 1 aromatic heterocycles. The molecule has 26 heavy (non-hydrogen) atoms. The van der Waals surface area contributed by atoms with Crippen molar-refractivity contribution >= 4 is 43.4 Å². The van der Waals surface area contributed by atoms with Crippen molar-refractivity contribution in [1.82, 2.24) is 0 Å². The minimum atomic E-state index is -3.29. The number of sulfone groups is 1. The summed E-state index contributed by atoms with van der Waals surface area (Å²) < 4.78 is 28.8. The second kappa shape index (κ2) is 6.00. The van der Waals surface area contributed by atoms with Crippen molar-refractivity contribution in [2.75, 3.05) is 11.6 Å². The van der Waals surface area contributed by atoms with Gasteiger partial charge in [0.15, 0.2) is 9.84 Å². The van der Waals surface area contributed by atoms with Crippen molar-refractivity contribution in [3.05, 3.63) is 72.3 Å². The number of fused-ring (bicyclic) bond motifs is 3. The number of carbonyl (C=O) groups excluding carboxylic acids is 1. The molecule has 0 spiro atoms. The maximum atomic E-state index is 12.4. The van der Waals surface area contributed by atoms with Gasteiger partial charge in [0.1, 0.15) is 11.2 Å². The average Bonchev–Trinajstić information content (AvgIpc) is 2.98. The Bertz CT molecular complexity index is 1240. The number of benzene rings is 3. The third-order valence-corrected chi connectivity index (χ3v) is 5.31. The fraction of sp³-hybridized carbons (Fsp3) is 0.0500. The minimum absolute atomic E-state index is 0.178. The van der Waals surface area contributed by atoms with Gasteiger partial charge in [0.25, 0.3) is 5.91 Å². The van der Waals surface area contributed by atoms with Crippen LogP contribution in [-0.2, 0) is 9.84 Å². The first-order valence-electron chi connectivity index (χ1n) is 7.94. The van der Waals surface area contributed by atoms with E-state index < -0.39 is 9.84 Å². The molecule has 0 saturated carbocycles. The Hall–Kier alpha value is -3.12. The van der Waals surface area contributed by atoms with Gasteiger partial charge in [-0.25, -0.2) is 8.42 Å². The lowest BCUT2D eigenvalue weighted by molar-refractivity contribution is 0.102. The first-order valence-corrected chi connectivity index (χ1v) is 9.84. The zero-order valence-electron chi connectivity index (χ0n) is 13.9. The number of rotatable bonds is 3. The van der Waals surface area contributed by atoms with E-state index in [1.807, 2.05) is 36.4 Å². The van der Waals surface area contributed by atoms with Gasteiger partial charge in [-0.1, -0.05) is 18.2 Å². The Balaban J connectivity index is 1.62. The van der Waals surface area contributed by atoms with E-state index in [9.17, 15) is 13.2 Å². The molecule has 0 aliphatic heterocycles. The molecule has 0 aliphatic rings. The van der Waals surface area contributed by atoms with Gasteiger partial charge in [0.2, 0.25) is 0 Å². The van der Waals surface area contributed by atoms with E-state index in [0.29, 0.717) is 16.8 Å². The molecule has 1 amide bonds. The van der Waals surface area contributed by atoms with Crippen LogP contribution in [0.25, 0.3) is 21.9 Å². The molecule has 4 aromatic rings. The Morgan fingerprint density at radius 3 is 2.31 bits per heavy atom. The van der Waals surface area contributed by atoms with Crippen molar-refractivity contribution < 1.29 is 17.6 Å². The lowest BCUT2D eigenvalue weighted by Crippen LogP contribution is -2.12. The van der Waals surface area contributed by atoms with Crippen LogP contribution in [0.15, 0.2) is 76.0 Å². The maximum Gasteiger partial charge on any atom is 0.255 e. The van der Waals surface area contributed by atoms with Crippen LogP contribution in [0.1, 0.15) is 10.4 Å².